The molecule has 1 unspecified atom stereocenters. The number of aliphatic carboxylic acids is 1. The Bertz CT molecular complexity index is 408. The zero-order chi connectivity index (χ0) is 14.6. The van der Waals surface area contributed by atoms with E-state index in [1.165, 1.54) is 4.31 Å². The Balaban J connectivity index is 2.73. The maximum atomic E-state index is 12.2. The third kappa shape index (κ3) is 5.08. The normalized spacial score (nSPS) is 23.5. The largest absolute Gasteiger partial charge is 0.480 e. The maximum Gasteiger partial charge on any atom is 0.321 e. The molecule has 112 valence electrons. The smallest absolute Gasteiger partial charge is 0.321 e. The molecule has 0 saturated carbocycles. The lowest BCUT2D eigenvalue weighted by Crippen LogP contribution is -2.51. The molecule has 6 nitrogen and oxygen atoms in total. The summed E-state index contributed by atoms with van der Waals surface area (Å²) in [5.74, 6) is -0.690. The van der Waals surface area contributed by atoms with Gasteiger partial charge in [0.15, 0.2) is 0 Å². The molecule has 0 spiro atoms. The quantitative estimate of drug-likeness (QED) is 0.766. The number of nitrogens with one attached hydrogen (secondary N) is 1. The minimum Gasteiger partial charge on any atom is -0.480 e. The molecular weight excluding hydrogens is 268 g/mol. The van der Waals surface area contributed by atoms with E-state index in [9.17, 15) is 13.2 Å². The van der Waals surface area contributed by atoms with Gasteiger partial charge in [-0.15, -0.1) is 0 Å². The van der Waals surface area contributed by atoms with Gasteiger partial charge in [0, 0.05) is 13.1 Å². The number of hydrogen-bond donors (Lipinski definition) is 2. The Kier molecular flexibility index (Phi) is 5.76. The lowest BCUT2D eigenvalue weighted by atomic mass is 10.0. The third-order valence-corrected chi connectivity index (χ3v) is 4.85. The maximum absolute atomic E-state index is 12.2. The highest BCUT2D eigenvalue weighted by Gasteiger charge is 2.31. The highest BCUT2D eigenvalue weighted by molar-refractivity contribution is 7.87. The molecular formula is C12H24N2O4S. The van der Waals surface area contributed by atoms with Gasteiger partial charge in [-0.2, -0.15) is 17.4 Å². The van der Waals surface area contributed by atoms with Gasteiger partial charge in [-0.25, -0.2) is 0 Å². The van der Waals surface area contributed by atoms with Crippen molar-refractivity contribution >= 4 is 16.2 Å². The van der Waals surface area contributed by atoms with E-state index in [2.05, 4.69) is 4.72 Å². The lowest BCUT2D eigenvalue weighted by Gasteiger charge is -2.31. The summed E-state index contributed by atoms with van der Waals surface area (Å²) in [7, 11) is -3.70. The van der Waals surface area contributed by atoms with Gasteiger partial charge >= 0.3 is 5.97 Å². The summed E-state index contributed by atoms with van der Waals surface area (Å²) in [5.41, 5.74) is 0. The minimum atomic E-state index is -3.70. The van der Waals surface area contributed by atoms with Crippen molar-refractivity contribution in [3.05, 3.63) is 0 Å². The van der Waals surface area contributed by atoms with Crippen LogP contribution in [0.5, 0.6) is 0 Å². The number of rotatable bonds is 6. The second-order valence-corrected chi connectivity index (χ2v) is 7.45. The number of nitrogens with zero attached hydrogens (tertiary/aromatic N) is 1. The molecule has 0 aromatic rings. The molecule has 1 rings (SSSR count). The van der Waals surface area contributed by atoms with Crippen LogP contribution < -0.4 is 4.72 Å². The molecule has 0 aliphatic carbocycles. The standard InChI is InChI=1S/C12H24N2O4S/c1-9(2)7-11(12(15)16)13-19(17,18)14-6-4-5-10(3)8-14/h9-11,13H,4-8H2,1-3H3,(H,15,16)/t10?,11-/m0/s1. The molecule has 0 radical (unpaired) electrons. The highest BCUT2D eigenvalue weighted by Crippen LogP contribution is 2.18. The Morgan fingerprint density at radius 2 is 2.11 bits per heavy atom. The van der Waals surface area contributed by atoms with Gasteiger partial charge in [-0.05, 0) is 31.1 Å². The monoisotopic (exact) mass is 292 g/mol. The Morgan fingerprint density at radius 3 is 2.58 bits per heavy atom. The summed E-state index contributed by atoms with van der Waals surface area (Å²) in [6.45, 7) is 6.67. The van der Waals surface area contributed by atoms with Gasteiger partial charge in [0.05, 0.1) is 0 Å². The van der Waals surface area contributed by atoms with Crippen LogP contribution >= 0.6 is 0 Å². The van der Waals surface area contributed by atoms with Gasteiger partial charge in [0.25, 0.3) is 10.2 Å². The lowest BCUT2D eigenvalue weighted by molar-refractivity contribution is -0.139. The fourth-order valence-electron chi connectivity index (χ4n) is 2.29. The Hall–Kier alpha value is -0.660. The first-order valence-corrected chi connectivity index (χ1v) is 8.16. The molecule has 0 aromatic heterocycles. The van der Waals surface area contributed by atoms with E-state index in [-0.39, 0.29) is 12.3 Å². The van der Waals surface area contributed by atoms with Gasteiger partial charge in [-0.1, -0.05) is 20.8 Å². The second-order valence-electron chi connectivity index (χ2n) is 5.75. The van der Waals surface area contributed by atoms with E-state index in [0.29, 0.717) is 19.0 Å². The van der Waals surface area contributed by atoms with Crippen LogP contribution in [0.2, 0.25) is 0 Å². The SMILES string of the molecule is CC(C)C[C@H](NS(=O)(=O)N1CCCC(C)C1)C(=O)O. The number of carboxylic acids is 1. The van der Waals surface area contributed by atoms with Crippen LogP contribution in [0.3, 0.4) is 0 Å². The van der Waals surface area contributed by atoms with Crippen LogP contribution in [0, 0.1) is 11.8 Å². The molecule has 0 amide bonds. The average Bonchev–Trinajstić information content (AvgIpc) is 2.27. The van der Waals surface area contributed by atoms with Crippen LogP contribution in [0.15, 0.2) is 0 Å². The van der Waals surface area contributed by atoms with Crippen molar-refractivity contribution in [3.8, 4) is 0 Å². The first-order valence-electron chi connectivity index (χ1n) is 6.72. The predicted octanol–water partition coefficient (Wildman–Crippen LogP) is 1.05. The molecule has 1 saturated heterocycles. The van der Waals surface area contributed by atoms with Crippen LogP contribution in [0.25, 0.3) is 0 Å². The van der Waals surface area contributed by atoms with E-state index in [4.69, 9.17) is 5.11 Å². The van der Waals surface area contributed by atoms with E-state index in [1.54, 1.807) is 0 Å². The first kappa shape index (κ1) is 16.4. The molecule has 1 aliphatic rings. The van der Waals surface area contributed by atoms with Gasteiger partial charge < -0.3 is 5.11 Å². The molecule has 0 aromatic carbocycles. The van der Waals surface area contributed by atoms with Crippen LogP contribution in [-0.4, -0.2) is 42.9 Å². The molecule has 2 atom stereocenters. The van der Waals surface area contributed by atoms with Crippen LogP contribution in [0.1, 0.15) is 40.0 Å². The Morgan fingerprint density at radius 1 is 1.47 bits per heavy atom. The first-order chi connectivity index (χ1) is 8.72. The topological polar surface area (TPSA) is 86.7 Å². The van der Waals surface area contributed by atoms with Crippen molar-refractivity contribution in [1.82, 2.24) is 9.03 Å². The van der Waals surface area contributed by atoms with Crippen molar-refractivity contribution in [3.63, 3.8) is 0 Å². The molecule has 2 N–H and O–H groups in total. The average molecular weight is 292 g/mol. The molecule has 19 heavy (non-hydrogen) atoms. The van der Waals surface area contributed by atoms with E-state index >= 15 is 0 Å². The zero-order valence-electron chi connectivity index (χ0n) is 11.8. The van der Waals surface area contributed by atoms with Crippen molar-refractivity contribution < 1.29 is 18.3 Å². The minimum absolute atomic E-state index is 0.115. The number of hydrogen-bond acceptors (Lipinski definition) is 3. The van der Waals surface area contributed by atoms with Gasteiger partial charge in [0.1, 0.15) is 6.04 Å². The van der Waals surface area contributed by atoms with E-state index < -0.39 is 22.2 Å². The summed E-state index contributed by atoms with van der Waals surface area (Å²) < 4.78 is 28.0. The molecule has 1 heterocycles. The highest BCUT2D eigenvalue weighted by atomic mass is 32.2. The predicted molar refractivity (Wildman–Crippen MR) is 72.9 cm³/mol. The summed E-state index contributed by atoms with van der Waals surface area (Å²) in [4.78, 5) is 11.1. The van der Waals surface area contributed by atoms with Gasteiger partial charge in [0.2, 0.25) is 0 Å². The van der Waals surface area contributed by atoms with Crippen molar-refractivity contribution in [2.75, 3.05) is 13.1 Å². The summed E-state index contributed by atoms with van der Waals surface area (Å²) in [6, 6.07) is -1.05. The number of carboxylic acid groups (broad SMARTS) is 1. The molecule has 0 bridgehead atoms. The van der Waals surface area contributed by atoms with E-state index in [0.717, 1.165) is 12.8 Å². The third-order valence-electron chi connectivity index (χ3n) is 3.26. The van der Waals surface area contributed by atoms with Crippen molar-refractivity contribution in [1.29, 1.82) is 0 Å². The Labute approximate surface area is 115 Å². The molecule has 1 aliphatic heterocycles. The van der Waals surface area contributed by atoms with Gasteiger partial charge in [-0.3, -0.25) is 4.79 Å². The molecule has 1 fully saturated rings. The number of piperidine rings is 1. The van der Waals surface area contributed by atoms with Crippen molar-refractivity contribution in [2.24, 2.45) is 11.8 Å². The fourth-order valence-corrected chi connectivity index (χ4v) is 3.82. The summed E-state index contributed by atoms with van der Waals surface area (Å²) >= 11 is 0. The van der Waals surface area contributed by atoms with E-state index in [1.807, 2.05) is 20.8 Å². The fraction of sp³-hybridized carbons (Fsp3) is 0.917. The number of carbonyl (C=O) groups is 1. The summed E-state index contributed by atoms with van der Waals surface area (Å²) in [5, 5.41) is 9.09. The van der Waals surface area contributed by atoms with Crippen LogP contribution in [0.4, 0.5) is 0 Å². The second kappa shape index (κ2) is 6.67. The molecule has 7 heteroatoms. The van der Waals surface area contributed by atoms with Crippen molar-refractivity contribution in [2.45, 2.75) is 46.1 Å². The zero-order valence-corrected chi connectivity index (χ0v) is 12.6. The summed E-state index contributed by atoms with van der Waals surface area (Å²) in [6.07, 6.45) is 2.13. The van der Waals surface area contributed by atoms with Crippen LogP contribution in [-0.2, 0) is 15.0 Å².